The summed E-state index contributed by atoms with van der Waals surface area (Å²) in [5.74, 6) is 1.18. The lowest BCUT2D eigenvalue weighted by Gasteiger charge is -2.28. The Morgan fingerprint density at radius 1 is 1.23 bits per heavy atom. The Kier molecular flexibility index (Phi) is 4.71. The summed E-state index contributed by atoms with van der Waals surface area (Å²) in [7, 11) is 3.22. The van der Waals surface area contributed by atoms with Gasteiger partial charge < -0.3 is 14.4 Å². The van der Waals surface area contributed by atoms with E-state index < -0.39 is 0 Å². The first-order valence-corrected chi connectivity index (χ1v) is 9.71. The van der Waals surface area contributed by atoms with Gasteiger partial charge in [-0.15, -0.1) is 0 Å². The number of methoxy groups -OCH3 is 2. The summed E-state index contributed by atoms with van der Waals surface area (Å²) >= 11 is 8.29. The van der Waals surface area contributed by atoms with Crippen molar-refractivity contribution in [2.45, 2.75) is 24.3 Å². The molecular formula is C19H20ClN3O2S. The summed E-state index contributed by atoms with van der Waals surface area (Å²) in [4.78, 5) is 11.9. The molecule has 1 aromatic carbocycles. The minimum atomic E-state index is -0.0691. The van der Waals surface area contributed by atoms with Crippen LogP contribution in [0.4, 0.5) is 0 Å². The number of halogens is 1. The molecule has 7 heteroatoms. The van der Waals surface area contributed by atoms with Gasteiger partial charge in [-0.2, -0.15) is 0 Å². The summed E-state index contributed by atoms with van der Waals surface area (Å²) < 4.78 is 10.9. The van der Waals surface area contributed by atoms with Crippen LogP contribution >= 0.6 is 23.4 Å². The molecular weight excluding hydrogens is 370 g/mol. The molecule has 5 nitrogen and oxygen atoms in total. The lowest BCUT2D eigenvalue weighted by Crippen LogP contribution is -2.28. The third-order valence-electron chi connectivity index (χ3n) is 4.68. The highest BCUT2D eigenvalue weighted by Gasteiger charge is 2.43. The average molecular weight is 390 g/mol. The van der Waals surface area contributed by atoms with Gasteiger partial charge in [0.15, 0.2) is 16.7 Å². The lowest BCUT2D eigenvalue weighted by atomic mass is 9.96. The van der Waals surface area contributed by atoms with Gasteiger partial charge in [0, 0.05) is 18.0 Å². The maximum atomic E-state index is 6.48. The third kappa shape index (κ3) is 2.91. The zero-order chi connectivity index (χ0) is 18.3. The van der Waals surface area contributed by atoms with E-state index in [0.717, 1.165) is 23.0 Å². The molecule has 2 aliphatic rings. The van der Waals surface area contributed by atoms with E-state index in [2.05, 4.69) is 16.8 Å². The van der Waals surface area contributed by atoms with Crippen molar-refractivity contribution in [2.75, 3.05) is 20.8 Å². The number of thioether (sulfide) groups is 1. The minimum absolute atomic E-state index is 0.0367. The van der Waals surface area contributed by atoms with Gasteiger partial charge in [-0.25, -0.2) is 0 Å². The van der Waals surface area contributed by atoms with Crippen molar-refractivity contribution < 1.29 is 9.47 Å². The smallest absolute Gasteiger partial charge is 0.179 e. The number of aliphatic imine (C=N–C) groups is 1. The molecule has 1 saturated heterocycles. The average Bonchev–Trinajstić information content (AvgIpc) is 3.17. The number of hydrogen-bond donors (Lipinski definition) is 0. The second-order valence-corrected chi connectivity index (χ2v) is 8.19. The normalized spacial score (nSPS) is 24.4. The number of rotatable bonds is 4. The monoisotopic (exact) mass is 389 g/mol. The predicted molar refractivity (Wildman–Crippen MR) is 105 cm³/mol. The van der Waals surface area contributed by atoms with Crippen LogP contribution in [0.1, 0.15) is 30.3 Å². The summed E-state index contributed by atoms with van der Waals surface area (Å²) in [6.07, 6.45) is 1.81. The first-order chi connectivity index (χ1) is 12.6. The number of amidine groups is 1. The van der Waals surface area contributed by atoms with E-state index in [0.29, 0.717) is 21.8 Å². The van der Waals surface area contributed by atoms with Crippen LogP contribution in [0.15, 0.2) is 41.5 Å². The molecule has 0 amide bonds. The van der Waals surface area contributed by atoms with Crippen LogP contribution in [0.5, 0.6) is 11.5 Å². The van der Waals surface area contributed by atoms with Gasteiger partial charge in [0.05, 0.1) is 31.0 Å². The molecule has 0 N–H and O–H groups in total. The number of hydrogen-bond acceptors (Lipinski definition) is 6. The zero-order valence-corrected chi connectivity index (χ0v) is 16.4. The molecule has 0 saturated carbocycles. The molecule has 0 spiro atoms. The number of benzene rings is 1. The molecule has 0 bridgehead atoms. The van der Waals surface area contributed by atoms with E-state index in [1.54, 1.807) is 14.2 Å². The molecule has 3 heterocycles. The Morgan fingerprint density at radius 2 is 2.08 bits per heavy atom. The van der Waals surface area contributed by atoms with Gasteiger partial charge in [0.1, 0.15) is 6.04 Å². The summed E-state index contributed by atoms with van der Waals surface area (Å²) in [6, 6.07) is 9.87. The van der Waals surface area contributed by atoms with Crippen LogP contribution in [0.3, 0.4) is 0 Å². The number of nitrogens with zero attached hydrogens (tertiary/aromatic N) is 3. The van der Waals surface area contributed by atoms with E-state index in [1.165, 1.54) is 0 Å². The highest BCUT2D eigenvalue weighted by Crippen LogP contribution is 2.49. The second kappa shape index (κ2) is 7.00. The maximum Gasteiger partial charge on any atom is 0.179 e. The fraction of sp³-hybridized carbons (Fsp3) is 0.368. The first-order valence-electron chi connectivity index (χ1n) is 8.45. The number of aromatic nitrogens is 1. The summed E-state index contributed by atoms with van der Waals surface area (Å²) in [5.41, 5.74) is 2.01. The molecule has 2 aliphatic heterocycles. The second-order valence-electron chi connectivity index (χ2n) is 6.38. The van der Waals surface area contributed by atoms with E-state index in [4.69, 9.17) is 26.1 Å². The Morgan fingerprint density at radius 3 is 2.77 bits per heavy atom. The van der Waals surface area contributed by atoms with Gasteiger partial charge in [-0.05, 0) is 29.8 Å². The van der Waals surface area contributed by atoms with Gasteiger partial charge in [0.2, 0.25) is 0 Å². The highest BCUT2D eigenvalue weighted by molar-refractivity contribution is 8.14. The molecule has 3 atom stereocenters. The van der Waals surface area contributed by atoms with Crippen LogP contribution in [0.25, 0.3) is 0 Å². The Balaban J connectivity index is 1.81. The van der Waals surface area contributed by atoms with Gasteiger partial charge >= 0.3 is 0 Å². The topological polar surface area (TPSA) is 47.0 Å². The van der Waals surface area contributed by atoms with Crippen LogP contribution in [-0.2, 0) is 0 Å². The summed E-state index contributed by atoms with van der Waals surface area (Å²) in [5, 5.41) is 2.12. The van der Waals surface area contributed by atoms with Crippen LogP contribution in [0.2, 0.25) is 5.02 Å². The molecule has 1 fully saturated rings. The van der Waals surface area contributed by atoms with Gasteiger partial charge in [0.25, 0.3) is 0 Å². The van der Waals surface area contributed by atoms with Crippen molar-refractivity contribution >= 4 is 28.5 Å². The molecule has 0 aliphatic carbocycles. The van der Waals surface area contributed by atoms with Crippen molar-refractivity contribution in [2.24, 2.45) is 4.99 Å². The first kappa shape index (κ1) is 17.5. The fourth-order valence-electron chi connectivity index (χ4n) is 3.59. The van der Waals surface area contributed by atoms with Gasteiger partial charge in [-0.3, -0.25) is 9.98 Å². The SMILES string of the molecule is COc1cc(C2C(c3ccccn3)N=C3SC(C)CN32)cc(Cl)c1OC. The van der Waals surface area contributed by atoms with E-state index in [9.17, 15) is 0 Å². The van der Waals surface area contributed by atoms with E-state index >= 15 is 0 Å². The highest BCUT2D eigenvalue weighted by atomic mass is 35.5. The van der Waals surface area contributed by atoms with E-state index in [-0.39, 0.29) is 12.1 Å². The lowest BCUT2D eigenvalue weighted by molar-refractivity contribution is 0.317. The Hall–Kier alpha value is -1.92. The number of fused-ring (bicyclic) bond motifs is 1. The number of pyridine rings is 1. The standard InChI is InChI=1S/C19H20ClN3O2S/c1-11-10-23-17(12-8-13(20)18(25-3)15(9-12)24-2)16(22-19(23)26-11)14-6-4-5-7-21-14/h4-9,11,16-17H,10H2,1-3H3. The molecule has 26 heavy (non-hydrogen) atoms. The van der Waals surface area contributed by atoms with Gasteiger partial charge in [-0.1, -0.05) is 36.4 Å². The minimum Gasteiger partial charge on any atom is -0.493 e. The molecule has 0 radical (unpaired) electrons. The zero-order valence-electron chi connectivity index (χ0n) is 14.8. The summed E-state index contributed by atoms with van der Waals surface area (Å²) in [6.45, 7) is 3.17. The molecule has 2 aromatic rings. The largest absolute Gasteiger partial charge is 0.493 e. The molecule has 1 aromatic heterocycles. The Bertz CT molecular complexity index is 846. The Labute approximate surface area is 162 Å². The quantitative estimate of drug-likeness (QED) is 0.778. The number of ether oxygens (including phenoxy) is 2. The molecule has 136 valence electrons. The molecule has 4 rings (SSSR count). The third-order valence-corrected chi connectivity index (χ3v) is 6.06. The van der Waals surface area contributed by atoms with Crippen molar-refractivity contribution in [1.29, 1.82) is 0 Å². The van der Waals surface area contributed by atoms with Crippen molar-refractivity contribution in [3.05, 3.63) is 52.8 Å². The van der Waals surface area contributed by atoms with E-state index in [1.807, 2.05) is 48.3 Å². The predicted octanol–water partition coefficient (Wildman–Crippen LogP) is 4.34. The van der Waals surface area contributed by atoms with Crippen LogP contribution in [-0.4, -0.2) is 41.1 Å². The van der Waals surface area contributed by atoms with Crippen molar-refractivity contribution in [1.82, 2.24) is 9.88 Å². The van der Waals surface area contributed by atoms with Crippen molar-refractivity contribution in [3.63, 3.8) is 0 Å². The van der Waals surface area contributed by atoms with Crippen LogP contribution in [0, 0.1) is 0 Å². The van der Waals surface area contributed by atoms with Crippen molar-refractivity contribution in [3.8, 4) is 11.5 Å². The van der Waals surface area contributed by atoms with Crippen LogP contribution < -0.4 is 9.47 Å². The fourth-order valence-corrected chi connectivity index (χ4v) is 4.98. The maximum absolute atomic E-state index is 6.48. The molecule has 3 unspecified atom stereocenters.